The molecule has 1 atom stereocenters. The van der Waals surface area contributed by atoms with E-state index in [-0.39, 0.29) is 31.4 Å². The molecule has 0 aliphatic carbocycles. The summed E-state index contributed by atoms with van der Waals surface area (Å²) in [5.41, 5.74) is 1.32. The standard InChI is InChI=1S/C19H19N5O4S/c1-3-28-18(27)15-10(2)20-19(29-15)21-17(26)11-8-14(25)24(9-11)16-12-6-4-5-7-13(12)22-23-16/h4-7,11H,3,8-9H2,1-2H3,(H,22,23)(H,20,21,26)/t11-/m1/s1. The van der Waals surface area contributed by atoms with Gasteiger partial charge < -0.3 is 10.1 Å². The van der Waals surface area contributed by atoms with E-state index in [1.165, 1.54) is 4.90 Å². The molecule has 0 radical (unpaired) electrons. The number of anilines is 2. The van der Waals surface area contributed by atoms with Crippen LogP contribution in [0.3, 0.4) is 0 Å². The van der Waals surface area contributed by atoms with E-state index in [1.54, 1.807) is 13.8 Å². The zero-order valence-electron chi connectivity index (χ0n) is 15.9. The Bertz CT molecular complexity index is 1110. The molecule has 9 nitrogen and oxygen atoms in total. The van der Waals surface area contributed by atoms with E-state index >= 15 is 0 Å². The minimum absolute atomic E-state index is 0.0854. The Labute approximate surface area is 170 Å². The van der Waals surface area contributed by atoms with Crippen LogP contribution in [0, 0.1) is 12.8 Å². The summed E-state index contributed by atoms with van der Waals surface area (Å²) in [7, 11) is 0. The van der Waals surface area contributed by atoms with E-state index < -0.39 is 11.9 Å². The highest BCUT2D eigenvalue weighted by Gasteiger charge is 2.37. The molecule has 150 valence electrons. The minimum Gasteiger partial charge on any atom is -0.462 e. The van der Waals surface area contributed by atoms with Crippen LogP contribution >= 0.6 is 11.3 Å². The van der Waals surface area contributed by atoms with Gasteiger partial charge in [0.05, 0.1) is 23.7 Å². The number of aryl methyl sites for hydroxylation is 1. The number of nitrogens with one attached hydrogen (secondary N) is 2. The normalized spacial score (nSPS) is 16.4. The van der Waals surface area contributed by atoms with Crippen LogP contribution in [-0.4, -0.2) is 46.1 Å². The molecule has 1 fully saturated rings. The van der Waals surface area contributed by atoms with Crippen molar-refractivity contribution in [2.45, 2.75) is 20.3 Å². The lowest BCUT2D eigenvalue weighted by molar-refractivity contribution is -0.122. The zero-order valence-corrected chi connectivity index (χ0v) is 16.7. The Balaban J connectivity index is 1.47. The summed E-state index contributed by atoms with van der Waals surface area (Å²) >= 11 is 1.06. The Morgan fingerprint density at radius 2 is 2.17 bits per heavy atom. The van der Waals surface area contributed by atoms with Crippen molar-refractivity contribution in [3.05, 3.63) is 34.8 Å². The molecule has 2 N–H and O–H groups in total. The number of hydrogen-bond acceptors (Lipinski definition) is 7. The van der Waals surface area contributed by atoms with Crippen LogP contribution in [0.4, 0.5) is 10.9 Å². The average molecular weight is 413 g/mol. The van der Waals surface area contributed by atoms with Crippen molar-refractivity contribution >= 4 is 51.0 Å². The van der Waals surface area contributed by atoms with Gasteiger partial charge in [-0.25, -0.2) is 9.78 Å². The second kappa shape index (κ2) is 7.63. The van der Waals surface area contributed by atoms with Gasteiger partial charge in [0.25, 0.3) is 0 Å². The highest BCUT2D eigenvalue weighted by atomic mass is 32.1. The van der Waals surface area contributed by atoms with E-state index in [4.69, 9.17) is 4.74 Å². The summed E-state index contributed by atoms with van der Waals surface area (Å²) in [6.45, 7) is 3.90. The van der Waals surface area contributed by atoms with Gasteiger partial charge in [-0.05, 0) is 26.0 Å². The molecule has 0 bridgehead atoms. The van der Waals surface area contributed by atoms with Crippen molar-refractivity contribution in [1.82, 2.24) is 15.2 Å². The number of aromatic amines is 1. The second-order valence-corrected chi connectivity index (χ2v) is 7.64. The van der Waals surface area contributed by atoms with E-state index in [0.717, 1.165) is 22.2 Å². The second-order valence-electron chi connectivity index (χ2n) is 6.64. The lowest BCUT2D eigenvalue weighted by Crippen LogP contribution is -2.28. The summed E-state index contributed by atoms with van der Waals surface area (Å²) in [6, 6.07) is 7.51. The fourth-order valence-electron chi connectivity index (χ4n) is 3.29. The number of benzene rings is 1. The van der Waals surface area contributed by atoms with Crippen LogP contribution in [0.25, 0.3) is 10.9 Å². The molecule has 2 amide bonds. The van der Waals surface area contributed by atoms with Crippen LogP contribution in [-0.2, 0) is 14.3 Å². The van der Waals surface area contributed by atoms with Crippen LogP contribution < -0.4 is 10.2 Å². The summed E-state index contributed by atoms with van der Waals surface area (Å²) in [6.07, 6.45) is 0.0854. The molecule has 0 saturated carbocycles. The zero-order chi connectivity index (χ0) is 20.5. The number of ether oxygens (including phenoxy) is 1. The molecule has 1 aliphatic heterocycles. The Morgan fingerprint density at radius 3 is 2.97 bits per heavy atom. The number of rotatable bonds is 5. The molecule has 1 aliphatic rings. The van der Waals surface area contributed by atoms with Crippen molar-refractivity contribution in [2.24, 2.45) is 5.92 Å². The fourth-order valence-corrected chi connectivity index (χ4v) is 4.15. The first kappa shape index (κ1) is 19.1. The molecule has 0 unspecified atom stereocenters. The summed E-state index contributed by atoms with van der Waals surface area (Å²) in [5.74, 6) is -0.950. The van der Waals surface area contributed by atoms with Gasteiger partial charge in [-0.3, -0.25) is 19.6 Å². The maximum atomic E-state index is 12.7. The largest absolute Gasteiger partial charge is 0.462 e. The minimum atomic E-state index is -0.534. The number of nitrogens with zero attached hydrogens (tertiary/aromatic N) is 3. The molecule has 2 aromatic heterocycles. The maximum absolute atomic E-state index is 12.7. The van der Waals surface area contributed by atoms with Crippen molar-refractivity contribution in [2.75, 3.05) is 23.4 Å². The van der Waals surface area contributed by atoms with Gasteiger partial charge in [0.15, 0.2) is 10.9 Å². The number of hydrogen-bond donors (Lipinski definition) is 2. The molecule has 3 heterocycles. The molecule has 0 spiro atoms. The van der Waals surface area contributed by atoms with Crippen LogP contribution in [0.5, 0.6) is 0 Å². The molecule has 3 aromatic rings. The van der Waals surface area contributed by atoms with Crippen LogP contribution in [0.2, 0.25) is 0 Å². The maximum Gasteiger partial charge on any atom is 0.350 e. The molecule has 1 aromatic carbocycles. The van der Waals surface area contributed by atoms with Crippen molar-refractivity contribution in [3.63, 3.8) is 0 Å². The first-order chi connectivity index (χ1) is 14.0. The Hall–Kier alpha value is -3.27. The SMILES string of the molecule is CCOC(=O)c1sc(NC(=O)[C@@H]2CC(=O)N(c3n[nH]c4ccccc34)C2)nc1C. The van der Waals surface area contributed by atoms with Gasteiger partial charge >= 0.3 is 5.97 Å². The Kier molecular flexibility index (Phi) is 5.01. The van der Waals surface area contributed by atoms with Gasteiger partial charge in [0, 0.05) is 18.4 Å². The number of esters is 1. The number of para-hydroxylation sites is 1. The number of amides is 2. The molecule has 10 heteroatoms. The molecule has 29 heavy (non-hydrogen) atoms. The third-order valence-corrected chi connectivity index (χ3v) is 5.74. The van der Waals surface area contributed by atoms with Crippen LogP contribution in [0.1, 0.15) is 28.7 Å². The number of fused-ring (bicyclic) bond motifs is 1. The first-order valence-corrected chi connectivity index (χ1v) is 9.98. The van der Waals surface area contributed by atoms with E-state index in [2.05, 4.69) is 20.5 Å². The van der Waals surface area contributed by atoms with E-state index in [0.29, 0.717) is 21.5 Å². The van der Waals surface area contributed by atoms with Gasteiger partial charge in [-0.2, -0.15) is 5.10 Å². The monoisotopic (exact) mass is 413 g/mol. The third kappa shape index (κ3) is 3.58. The number of carbonyl (C=O) groups excluding carboxylic acids is 3. The van der Waals surface area contributed by atoms with E-state index in [1.807, 2.05) is 24.3 Å². The van der Waals surface area contributed by atoms with Gasteiger partial charge in [0.2, 0.25) is 11.8 Å². The number of aromatic nitrogens is 3. The average Bonchev–Trinajstić information content (AvgIpc) is 3.38. The molecular formula is C19H19N5O4S. The summed E-state index contributed by atoms with van der Waals surface area (Å²) in [4.78, 5) is 43.2. The predicted molar refractivity (Wildman–Crippen MR) is 108 cm³/mol. The number of carbonyl (C=O) groups is 3. The molecule has 4 rings (SSSR count). The lowest BCUT2D eigenvalue weighted by atomic mass is 10.1. The number of thiazole rings is 1. The first-order valence-electron chi connectivity index (χ1n) is 9.16. The van der Waals surface area contributed by atoms with Gasteiger partial charge in [0.1, 0.15) is 4.88 Å². The molecule has 1 saturated heterocycles. The van der Waals surface area contributed by atoms with Gasteiger partial charge in [-0.1, -0.05) is 23.5 Å². The van der Waals surface area contributed by atoms with Crippen molar-refractivity contribution in [1.29, 1.82) is 0 Å². The predicted octanol–water partition coefficient (Wildman–Crippen LogP) is 2.50. The highest BCUT2D eigenvalue weighted by Crippen LogP contribution is 2.31. The van der Waals surface area contributed by atoms with Crippen LogP contribution in [0.15, 0.2) is 24.3 Å². The highest BCUT2D eigenvalue weighted by molar-refractivity contribution is 7.17. The van der Waals surface area contributed by atoms with Crippen molar-refractivity contribution in [3.8, 4) is 0 Å². The third-order valence-electron chi connectivity index (χ3n) is 4.69. The van der Waals surface area contributed by atoms with Crippen molar-refractivity contribution < 1.29 is 19.1 Å². The summed E-state index contributed by atoms with van der Waals surface area (Å²) in [5, 5.41) is 11.0. The Morgan fingerprint density at radius 1 is 1.38 bits per heavy atom. The fraction of sp³-hybridized carbons (Fsp3) is 0.316. The van der Waals surface area contributed by atoms with Gasteiger partial charge in [-0.15, -0.1) is 0 Å². The summed E-state index contributed by atoms with van der Waals surface area (Å²) < 4.78 is 4.99. The number of H-pyrrole nitrogens is 1. The topological polar surface area (TPSA) is 117 Å². The molecular weight excluding hydrogens is 394 g/mol. The lowest BCUT2D eigenvalue weighted by Gasteiger charge is -2.13. The smallest absolute Gasteiger partial charge is 0.350 e. The van der Waals surface area contributed by atoms with E-state index in [9.17, 15) is 14.4 Å². The quantitative estimate of drug-likeness (QED) is 0.621.